The molecule has 8 heteroatoms. The maximum atomic E-state index is 14.7. The SMILES string of the molecule is N[C@@H]1CCCN(C(=O)c2cc3c4c(c2)nc(-c2cc5ccccc5n2Cc2ccccc2F)n4CCN3)C1. The highest BCUT2D eigenvalue weighted by molar-refractivity contribution is 6.03. The number of nitrogens with two attached hydrogens (primary N) is 1. The Labute approximate surface area is 219 Å². The maximum absolute atomic E-state index is 14.7. The molecule has 0 saturated carbocycles. The van der Waals surface area contributed by atoms with Crippen LogP contribution >= 0.6 is 0 Å². The topological polar surface area (TPSA) is 81.1 Å². The van der Waals surface area contributed by atoms with Gasteiger partial charge < -0.3 is 25.1 Å². The fraction of sp³-hybridized carbons (Fsp3) is 0.267. The van der Waals surface area contributed by atoms with Gasteiger partial charge in [0.15, 0.2) is 5.82 Å². The zero-order valence-electron chi connectivity index (χ0n) is 21.0. The van der Waals surface area contributed by atoms with Crippen molar-refractivity contribution >= 4 is 33.5 Å². The summed E-state index contributed by atoms with van der Waals surface area (Å²) >= 11 is 0. The zero-order chi connectivity index (χ0) is 25.8. The van der Waals surface area contributed by atoms with Crippen LogP contribution in [-0.4, -0.2) is 50.6 Å². The second-order valence-corrected chi connectivity index (χ2v) is 10.3. The van der Waals surface area contributed by atoms with Gasteiger partial charge in [0.2, 0.25) is 0 Å². The van der Waals surface area contributed by atoms with Crippen LogP contribution in [0.5, 0.6) is 0 Å². The average molecular weight is 509 g/mol. The number of anilines is 1. The van der Waals surface area contributed by atoms with Crippen LogP contribution in [0, 0.1) is 5.82 Å². The highest BCUT2D eigenvalue weighted by Gasteiger charge is 2.27. The Bertz CT molecular complexity index is 1700. The second kappa shape index (κ2) is 8.99. The van der Waals surface area contributed by atoms with Crippen LogP contribution in [0.1, 0.15) is 28.8 Å². The van der Waals surface area contributed by atoms with Crippen LogP contribution in [0.4, 0.5) is 10.1 Å². The maximum Gasteiger partial charge on any atom is 0.254 e. The Kier molecular flexibility index (Phi) is 5.44. The molecule has 2 aromatic heterocycles. The summed E-state index contributed by atoms with van der Waals surface area (Å²) in [6.45, 7) is 3.17. The number of aromatic nitrogens is 3. The molecule has 1 amide bonds. The molecule has 1 saturated heterocycles. The zero-order valence-corrected chi connectivity index (χ0v) is 21.0. The summed E-state index contributed by atoms with van der Waals surface area (Å²) < 4.78 is 19.1. The number of benzene rings is 3. The van der Waals surface area contributed by atoms with Gasteiger partial charge in [0.05, 0.1) is 29.0 Å². The van der Waals surface area contributed by atoms with E-state index in [1.54, 1.807) is 6.07 Å². The molecule has 1 fully saturated rings. The summed E-state index contributed by atoms with van der Waals surface area (Å²) in [7, 11) is 0. The van der Waals surface area contributed by atoms with Gasteiger partial charge in [0.1, 0.15) is 5.82 Å². The number of hydrogen-bond donors (Lipinski definition) is 2. The number of rotatable bonds is 4. The number of amides is 1. The van der Waals surface area contributed by atoms with Gasteiger partial charge in [-0.3, -0.25) is 4.79 Å². The molecule has 3 N–H and O–H groups in total. The first-order chi connectivity index (χ1) is 18.6. The second-order valence-electron chi connectivity index (χ2n) is 10.3. The van der Waals surface area contributed by atoms with Gasteiger partial charge in [-0.15, -0.1) is 0 Å². The largest absolute Gasteiger partial charge is 0.381 e. The molecule has 7 rings (SSSR count). The minimum Gasteiger partial charge on any atom is -0.381 e. The quantitative estimate of drug-likeness (QED) is 0.364. The predicted molar refractivity (Wildman–Crippen MR) is 148 cm³/mol. The molecule has 5 aromatic rings. The normalized spacial score (nSPS) is 17.2. The standard InChI is InChI=1S/C30H29FN6O/c31-23-9-3-1-7-20(23)17-37-26-10-4-2-6-19(26)16-27(37)29-34-25-15-21(14-24-28(25)36(29)13-11-33-24)30(38)35-12-5-8-22(32)18-35/h1-4,6-7,9-10,14-16,22,33H,5,8,11-13,17-18,32H2/t22-/m1/s1. The van der Waals surface area contributed by atoms with Gasteiger partial charge in [0, 0.05) is 54.3 Å². The van der Waals surface area contributed by atoms with Crippen molar-refractivity contribution < 1.29 is 9.18 Å². The number of fused-ring (bicyclic) bond motifs is 1. The summed E-state index contributed by atoms with van der Waals surface area (Å²) in [4.78, 5) is 20.4. The third kappa shape index (κ3) is 3.75. The van der Waals surface area contributed by atoms with E-state index in [4.69, 9.17) is 10.7 Å². The lowest BCUT2D eigenvalue weighted by atomic mass is 10.0. The highest BCUT2D eigenvalue weighted by atomic mass is 19.1. The van der Waals surface area contributed by atoms with E-state index in [-0.39, 0.29) is 17.8 Å². The lowest BCUT2D eigenvalue weighted by Gasteiger charge is -2.31. The minimum atomic E-state index is -0.224. The molecule has 2 aliphatic heterocycles. The molecule has 2 aliphatic rings. The van der Waals surface area contributed by atoms with Crippen molar-refractivity contribution in [2.45, 2.75) is 32.0 Å². The summed E-state index contributed by atoms with van der Waals surface area (Å²) in [5.41, 5.74) is 12.0. The minimum absolute atomic E-state index is 0.00422. The van der Waals surface area contributed by atoms with Crippen molar-refractivity contribution in [3.63, 3.8) is 0 Å². The van der Waals surface area contributed by atoms with Gasteiger partial charge in [-0.2, -0.15) is 0 Å². The fourth-order valence-electron chi connectivity index (χ4n) is 5.98. The summed E-state index contributed by atoms with van der Waals surface area (Å²) in [5.74, 6) is 0.591. The van der Waals surface area contributed by atoms with Crippen molar-refractivity contribution in [1.29, 1.82) is 0 Å². The van der Waals surface area contributed by atoms with E-state index >= 15 is 0 Å². The van der Waals surface area contributed by atoms with Gasteiger partial charge in [-0.05, 0) is 43.2 Å². The van der Waals surface area contributed by atoms with E-state index < -0.39 is 0 Å². The van der Waals surface area contributed by atoms with Crippen LogP contribution in [-0.2, 0) is 13.1 Å². The van der Waals surface area contributed by atoms with E-state index in [9.17, 15) is 9.18 Å². The van der Waals surface area contributed by atoms with Gasteiger partial charge in [-0.25, -0.2) is 9.37 Å². The highest BCUT2D eigenvalue weighted by Crippen LogP contribution is 2.36. The van der Waals surface area contributed by atoms with Crippen LogP contribution in [0.15, 0.2) is 66.7 Å². The van der Waals surface area contributed by atoms with Gasteiger partial charge >= 0.3 is 0 Å². The number of imidazole rings is 1. The number of para-hydroxylation sites is 1. The smallest absolute Gasteiger partial charge is 0.254 e. The number of hydrogen-bond acceptors (Lipinski definition) is 4. The summed E-state index contributed by atoms with van der Waals surface area (Å²) in [5, 5.41) is 4.55. The number of nitrogens with zero attached hydrogens (tertiary/aromatic N) is 4. The van der Waals surface area contributed by atoms with E-state index in [1.165, 1.54) is 6.07 Å². The Hall–Kier alpha value is -4.17. The van der Waals surface area contributed by atoms with E-state index in [0.717, 1.165) is 71.6 Å². The van der Waals surface area contributed by atoms with Crippen LogP contribution in [0.3, 0.4) is 0 Å². The molecule has 0 bridgehead atoms. The van der Waals surface area contributed by atoms with Crippen LogP contribution < -0.4 is 11.1 Å². The molecule has 7 nitrogen and oxygen atoms in total. The third-order valence-corrected chi connectivity index (χ3v) is 7.81. The first-order valence-electron chi connectivity index (χ1n) is 13.2. The molecule has 0 aliphatic carbocycles. The first kappa shape index (κ1) is 23.0. The molecule has 3 aromatic carbocycles. The number of piperidine rings is 1. The number of halogens is 1. The fourth-order valence-corrected chi connectivity index (χ4v) is 5.98. The van der Waals surface area contributed by atoms with Crippen molar-refractivity contribution in [3.05, 3.63) is 83.7 Å². The Morgan fingerprint density at radius 1 is 1.08 bits per heavy atom. The Balaban J connectivity index is 1.37. The molecule has 0 unspecified atom stereocenters. The van der Waals surface area contributed by atoms with E-state index in [2.05, 4.69) is 32.7 Å². The number of likely N-dealkylation sites (tertiary alicyclic amines) is 1. The van der Waals surface area contributed by atoms with Crippen molar-refractivity contribution in [3.8, 4) is 11.5 Å². The monoisotopic (exact) mass is 508 g/mol. The van der Waals surface area contributed by atoms with Gasteiger partial charge in [0.25, 0.3) is 5.91 Å². The molecular weight excluding hydrogens is 479 g/mol. The first-order valence-corrected chi connectivity index (χ1v) is 13.2. The van der Waals surface area contributed by atoms with E-state index in [1.807, 2.05) is 41.3 Å². The van der Waals surface area contributed by atoms with E-state index in [0.29, 0.717) is 24.2 Å². The average Bonchev–Trinajstić information content (AvgIpc) is 3.49. The van der Waals surface area contributed by atoms with Crippen molar-refractivity contribution in [2.75, 3.05) is 25.0 Å². The third-order valence-electron chi connectivity index (χ3n) is 7.81. The van der Waals surface area contributed by atoms with Gasteiger partial charge in [-0.1, -0.05) is 36.4 Å². The Morgan fingerprint density at radius 3 is 2.79 bits per heavy atom. The number of carbonyl (C=O) groups excluding carboxylic acids is 1. The Morgan fingerprint density at radius 2 is 1.92 bits per heavy atom. The van der Waals surface area contributed by atoms with Crippen molar-refractivity contribution in [2.24, 2.45) is 5.73 Å². The predicted octanol–water partition coefficient (Wildman–Crippen LogP) is 4.83. The molecule has 38 heavy (non-hydrogen) atoms. The lowest BCUT2D eigenvalue weighted by molar-refractivity contribution is 0.0709. The molecule has 4 heterocycles. The molecule has 1 atom stereocenters. The summed E-state index contributed by atoms with van der Waals surface area (Å²) in [6.07, 6.45) is 1.87. The molecule has 0 radical (unpaired) electrons. The van der Waals surface area contributed by atoms with Crippen molar-refractivity contribution in [1.82, 2.24) is 19.0 Å². The molecular formula is C30H29FN6O. The molecule has 192 valence electrons. The summed E-state index contributed by atoms with van der Waals surface area (Å²) in [6, 6.07) is 21.0. The van der Waals surface area contributed by atoms with Crippen LogP contribution in [0.2, 0.25) is 0 Å². The molecule has 0 spiro atoms. The van der Waals surface area contributed by atoms with Crippen LogP contribution in [0.25, 0.3) is 33.5 Å². The lowest BCUT2D eigenvalue weighted by Crippen LogP contribution is -2.45. The number of carbonyl (C=O) groups is 1. The number of nitrogens with one attached hydrogen (secondary N) is 1.